The summed E-state index contributed by atoms with van der Waals surface area (Å²) in [6.07, 6.45) is 5.14. The highest BCUT2D eigenvalue weighted by Gasteiger charge is 2.27. The molecule has 3 heteroatoms. The molecule has 0 amide bonds. The third-order valence-corrected chi connectivity index (χ3v) is 8.03. The van der Waals surface area contributed by atoms with Gasteiger partial charge in [0.25, 0.3) is 0 Å². The topological polar surface area (TPSA) is 3.24 Å². The van der Waals surface area contributed by atoms with Gasteiger partial charge < -0.3 is 4.90 Å². The Morgan fingerprint density at radius 3 is 2.34 bits per heavy atom. The van der Waals surface area contributed by atoms with Gasteiger partial charge in [-0.25, -0.2) is 0 Å². The number of nitrogens with zero attached hydrogens (tertiary/aromatic N) is 1. The van der Waals surface area contributed by atoms with E-state index < -0.39 is 0 Å². The summed E-state index contributed by atoms with van der Waals surface area (Å²) in [6, 6.07) is 26.6. The number of allylic oxidation sites excluding steroid dienone is 1. The van der Waals surface area contributed by atoms with Gasteiger partial charge in [0.05, 0.1) is 6.67 Å². The average molecular weight is 488 g/mol. The van der Waals surface area contributed by atoms with E-state index in [4.69, 9.17) is 11.6 Å². The number of hydrogen-bond donors (Lipinski definition) is 0. The quantitative estimate of drug-likeness (QED) is 0.310. The molecule has 0 bridgehead atoms. The van der Waals surface area contributed by atoms with E-state index in [2.05, 4.69) is 72.5 Å². The Morgan fingerprint density at radius 1 is 0.914 bits per heavy atom. The van der Waals surface area contributed by atoms with E-state index in [1.54, 1.807) is 0 Å². The van der Waals surface area contributed by atoms with Gasteiger partial charge in [-0.05, 0) is 95.0 Å². The van der Waals surface area contributed by atoms with Crippen molar-refractivity contribution in [1.82, 2.24) is 4.90 Å². The zero-order valence-electron chi connectivity index (χ0n) is 20.7. The van der Waals surface area contributed by atoms with Crippen LogP contribution in [0, 0.1) is 11.8 Å². The number of alkyl halides is 1. The summed E-state index contributed by atoms with van der Waals surface area (Å²) < 4.78 is 12.4. The van der Waals surface area contributed by atoms with Crippen LogP contribution >= 0.6 is 11.6 Å². The molecule has 0 radical (unpaired) electrons. The molecule has 1 saturated heterocycles. The van der Waals surface area contributed by atoms with Gasteiger partial charge in [0.15, 0.2) is 0 Å². The van der Waals surface area contributed by atoms with E-state index in [-0.39, 0.29) is 6.67 Å². The van der Waals surface area contributed by atoms with Crippen LogP contribution in [0.5, 0.6) is 0 Å². The number of likely N-dealkylation sites (tertiary alicyclic amines) is 1. The number of benzene rings is 3. The monoisotopic (exact) mass is 487 g/mol. The molecule has 1 unspecified atom stereocenters. The van der Waals surface area contributed by atoms with Crippen molar-refractivity contribution in [2.45, 2.75) is 39.0 Å². The first-order valence-electron chi connectivity index (χ1n) is 13.1. The van der Waals surface area contributed by atoms with Crippen molar-refractivity contribution in [3.63, 3.8) is 0 Å². The van der Waals surface area contributed by atoms with Crippen molar-refractivity contribution in [3.8, 4) is 0 Å². The average Bonchev–Trinajstić information content (AvgIpc) is 3.03. The Kier molecular flexibility index (Phi) is 7.70. The second-order valence-corrected chi connectivity index (χ2v) is 10.6. The van der Waals surface area contributed by atoms with Gasteiger partial charge in [0.1, 0.15) is 0 Å². The first kappa shape index (κ1) is 24.3. The van der Waals surface area contributed by atoms with Crippen LogP contribution in [0.25, 0.3) is 11.1 Å². The summed E-state index contributed by atoms with van der Waals surface area (Å²) in [5.74, 6) is 1.19. The lowest BCUT2D eigenvalue weighted by atomic mass is 9.81. The second-order valence-electron chi connectivity index (χ2n) is 10.2. The zero-order chi connectivity index (χ0) is 24.2. The third kappa shape index (κ3) is 5.39. The van der Waals surface area contributed by atoms with Crippen LogP contribution < -0.4 is 0 Å². The molecular formula is C32H35ClFN. The smallest absolute Gasteiger partial charge is 0.0906 e. The minimum absolute atomic E-state index is 0.210. The SMILES string of the molecule is CCC1CCc2ccccc2C(c2ccc(CC3CN(CCCF)C3)cc2)=C1c1ccc(Cl)cc1. The molecule has 2 aliphatic rings. The largest absolute Gasteiger partial charge is 0.303 e. The van der Waals surface area contributed by atoms with Gasteiger partial charge in [0.2, 0.25) is 0 Å². The molecule has 35 heavy (non-hydrogen) atoms. The molecule has 1 aliphatic carbocycles. The van der Waals surface area contributed by atoms with E-state index in [0.29, 0.717) is 18.3 Å². The van der Waals surface area contributed by atoms with Crippen LogP contribution in [0.15, 0.2) is 72.8 Å². The maximum Gasteiger partial charge on any atom is 0.0906 e. The Hall–Kier alpha value is -2.42. The van der Waals surface area contributed by atoms with Crippen molar-refractivity contribution in [2.75, 3.05) is 26.3 Å². The molecule has 0 aromatic heterocycles. The number of rotatable bonds is 8. The van der Waals surface area contributed by atoms with Crippen LogP contribution in [0.4, 0.5) is 4.39 Å². The minimum Gasteiger partial charge on any atom is -0.303 e. The lowest BCUT2D eigenvalue weighted by Gasteiger charge is -2.39. The fourth-order valence-corrected chi connectivity index (χ4v) is 6.07. The Bertz CT molecular complexity index is 1160. The summed E-state index contributed by atoms with van der Waals surface area (Å²) in [7, 11) is 0. The number of fused-ring (bicyclic) bond motifs is 1. The third-order valence-electron chi connectivity index (χ3n) is 7.78. The summed E-state index contributed by atoms with van der Waals surface area (Å²) in [5, 5.41) is 0.779. The van der Waals surface area contributed by atoms with E-state index in [1.807, 2.05) is 12.1 Å². The Balaban J connectivity index is 1.49. The van der Waals surface area contributed by atoms with Crippen molar-refractivity contribution in [1.29, 1.82) is 0 Å². The number of hydrogen-bond acceptors (Lipinski definition) is 1. The molecule has 0 N–H and O–H groups in total. The normalized spacial score (nSPS) is 18.8. The van der Waals surface area contributed by atoms with E-state index in [0.717, 1.165) is 50.3 Å². The fraction of sp³-hybridized carbons (Fsp3) is 0.375. The fourth-order valence-electron chi connectivity index (χ4n) is 5.95. The number of aryl methyl sites for hydroxylation is 1. The number of halogens is 2. The molecule has 1 fully saturated rings. The van der Waals surface area contributed by atoms with Gasteiger partial charge in [0, 0.05) is 24.7 Å². The summed E-state index contributed by atoms with van der Waals surface area (Å²) in [5.41, 5.74) is 9.60. The predicted molar refractivity (Wildman–Crippen MR) is 147 cm³/mol. The standard InChI is InChI=1S/C32H35ClFN/c1-2-25-12-13-26-6-3-4-7-30(26)32(31(25)27-14-16-29(33)17-15-27)28-10-8-23(9-11-28)20-24-21-35(22-24)19-5-18-34/h3-4,6-11,14-17,24-25H,2,5,12-13,18-22H2,1H3. The highest BCUT2D eigenvalue weighted by molar-refractivity contribution is 6.30. The zero-order valence-corrected chi connectivity index (χ0v) is 21.4. The molecule has 1 aliphatic heterocycles. The van der Waals surface area contributed by atoms with Gasteiger partial charge in [-0.1, -0.05) is 79.2 Å². The van der Waals surface area contributed by atoms with Crippen LogP contribution in [-0.4, -0.2) is 31.2 Å². The maximum atomic E-state index is 12.4. The van der Waals surface area contributed by atoms with Crippen LogP contribution in [-0.2, 0) is 12.8 Å². The highest BCUT2D eigenvalue weighted by Crippen LogP contribution is 2.44. The van der Waals surface area contributed by atoms with Gasteiger partial charge in [-0.3, -0.25) is 4.39 Å². The molecule has 0 saturated carbocycles. The molecule has 3 aromatic carbocycles. The van der Waals surface area contributed by atoms with Crippen molar-refractivity contribution >= 4 is 22.7 Å². The van der Waals surface area contributed by atoms with Crippen molar-refractivity contribution < 1.29 is 4.39 Å². The summed E-state index contributed by atoms with van der Waals surface area (Å²) >= 11 is 6.26. The van der Waals surface area contributed by atoms with Gasteiger partial charge in [-0.2, -0.15) is 0 Å². The summed E-state index contributed by atoms with van der Waals surface area (Å²) in [6.45, 7) is 5.19. The lowest BCUT2D eigenvalue weighted by Crippen LogP contribution is -2.47. The Labute approximate surface area is 214 Å². The molecular weight excluding hydrogens is 453 g/mol. The van der Waals surface area contributed by atoms with Gasteiger partial charge in [-0.15, -0.1) is 0 Å². The first-order valence-corrected chi connectivity index (χ1v) is 13.5. The van der Waals surface area contributed by atoms with E-state index >= 15 is 0 Å². The minimum atomic E-state index is -0.210. The van der Waals surface area contributed by atoms with Crippen molar-refractivity contribution in [3.05, 3.63) is 106 Å². The van der Waals surface area contributed by atoms with Crippen LogP contribution in [0.3, 0.4) is 0 Å². The maximum absolute atomic E-state index is 12.4. The van der Waals surface area contributed by atoms with Crippen LogP contribution in [0.1, 0.15) is 54.0 Å². The first-order chi connectivity index (χ1) is 17.2. The molecule has 1 atom stereocenters. The molecule has 1 nitrogen and oxygen atoms in total. The highest BCUT2D eigenvalue weighted by atomic mass is 35.5. The molecule has 182 valence electrons. The predicted octanol–water partition coefficient (Wildman–Crippen LogP) is 8.11. The second kappa shape index (κ2) is 11.1. The van der Waals surface area contributed by atoms with Crippen LogP contribution in [0.2, 0.25) is 5.02 Å². The Morgan fingerprint density at radius 2 is 1.63 bits per heavy atom. The molecule has 0 spiro atoms. The van der Waals surface area contributed by atoms with E-state index in [9.17, 15) is 4.39 Å². The summed E-state index contributed by atoms with van der Waals surface area (Å²) in [4.78, 5) is 2.37. The molecule has 5 rings (SSSR count). The van der Waals surface area contributed by atoms with E-state index in [1.165, 1.54) is 39.0 Å². The molecule has 1 heterocycles. The molecule has 3 aromatic rings. The lowest BCUT2D eigenvalue weighted by molar-refractivity contribution is 0.0968. The van der Waals surface area contributed by atoms with Gasteiger partial charge >= 0.3 is 0 Å². The van der Waals surface area contributed by atoms with Crippen molar-refractivity contribution in [2.24, 2.45) is 11.8 Å².